The maximum absolute atomic E-state index is 12.1. The molecule has 0 bridgehead atoms. The van der Waals surface area contributed by atoms with Gasteiger partial charge in [-0.3, -0.25) is 9.59 Å². The first-order valence-electron chi connectivity index (χ1n) is 6.33. The Kier molecular flexibility index (Phi) is 5.10. The van der Waals surface area contributed by atoms with Crippen molar-refractivity contribution in [3.63, 3.8) is 0 Å². The van der Waals surface area contributed by atoms with Gasteiger partial charge in [0.1, 0.15) is 6.04 Å². The lowest BCUT2D eigenvalue weighted by Gasteiger charge is -2.33. The Morgan fingerprint density at radius 2 is 2.00 bits per heavy atom. The molecule has 3 N–H and O–H groups in total. The zero-order chi connectivity index (χ0) is 13.8. The molecule has 0 radical (unpaired) electrons. The summed E-state index contributed by atoms with van der Waals surface area (Å²) in [6.07, 6.45) is 0.979. The summed E-state index contributed by atoms with van der Waals surface area (Å²) in [5.41, 5.74) is 5.14. The topological polar surface area (TPSA) is 84.7 Å². The van der Waals surface area contributed by atoms with E-state index in [1.165, 1.54) is 0 Å². The second-order valence-corrected chi connectivity index (χ2v) is 4.82. The fraction of sp³-hybridized carbons (Fsp3) is 0.833. The van der Waals surface area contributed by atoms with E-state index < -0.39 is 11.6 Å². The molecule has 18 heavy (non-hydrogen) atoms. The second-order valence-electron chi connectivity index (χ2n) is 4.82. The molecule has 6 nitrogen and oxygen atoms in total. The fourth-order valence-electron chi connectivity index (χ4n) is 1.85. The van der Waals surface area contributed by atoms with E-state index in [1.54, 1.807) is 18.9 Å². The summed E-state index contributed by atoms with van der Waals surface area (Å²) < 4.78 is 5.19. The standard InChI is InChI=1S/C12H23N3O3/c1-4-15(3)10(16)9(2)14-11(17)12(13)5-7-18-8-6-12/h9H,4-8,13H2,1-3H3,(H,14,17). The van der Waals surface area contributed by atoms with E-state index in [2.05, 4.69) is 5.32 Å². The smallest absolute Gasteiger partial charge is 0.244 e. The molecule has 1 heterocycles. The Morgan fingerprint density at radius 3 is 2.50 bits per heavy atom. The van der Waals surface area contributed by atoms with Crippen LogP contribution in [-0.2, 0) is 14.3 Å². The van der Waals surface area contributed by atoms with Crippen LogP contribution in [0.1, 0.15) is 26.7 Å². The molecule has 0 aromatic heterocycles. The van der Waals surface area contributed by atoms with Crippen LogP contribution >= 0.6 is 0 Å². The van der Waals surface area contributed by atoms with Gasteiger partial charge >= 0.3 is 0 Å². The summed E-state index contributed by atoms with van der Waals surface area (Å²) in [7, 11) is 1.71. The van der Waals surface area contributed by atoms with E-state index in [-0.39, 0.29) is 11.8 Å². The van der Waals surface area contributed by atoms with Crippen molar-refractivity contribution in [1.29, 1.82) is 0 Å². The number of nitrogens with one attached hydrogen (secondary N) is 1. The van der Waals surface area contributed by atoms with Gasteiger partial charge in [-0.2, -0.15) is 0 Å². The van der Waals surface area contributed by atoms with E-state index >= 15 is 0 Å². The number of hydrogen-bond acceptors (Lipinski definition) is 4. The van der Waals surface area contributed by atoms with Crippen LogP contribution in [0, 0.1) is 0 Å². The van der Waals surface area contributed by atoms with Crippen molar-refractivity contribution < 1.29 is 14.3 Å². The molecule has 2 amide bonds. The highest BCUT2D eigenvalue weighted by atomic mass is 16.5. The Morgan fingerprint density at radius 1 is 1.44 bits per heavy atom. The highest BCUT2D eigenvalue weighted by Crippen LogP contribution is 2.17. The van der Waals surface area contributed by atoms with Gasteiger partial charge < -0.3 is 20.7 Å². The lowest BCUT2D eigenvalue weighted by molar-refractivity contribution is -0.137. The fourth-order valence-corrected chi connectivity index (χ4v) is 1.85. The normalized spacial score (nSPS) is 20.0. The van der Waals surface area contributed by atoms with E-state index in [4.69, 9.17) is 10.5 Å². The molecule has 0 spiro atoms. The molecule has 1 unspecified atom stereocenters. The average molecular weight is 257 g/mol. The molecule has 1 aliphatic rings. The van der Waals surface area contributed by atoms with Crippen LogP contribution in [0.5, 0.6) is 0 Å². The number of nitrogens with zero attached hydrogens (tertiary/aromatic N) is 1. The maximum Gasteiger partial charge on any atom is 0.244 e. The monoisotopic (exact) mass is 257 g/mol. The van der Waals surface area contributed by atoms with Gasteiger partial charge in [-0.1, -0.05) is 0 Å². The van der Waals surface area contributed by atoms with Gasteiger partial charge in [0.25, 0.3) is 0 Å². The number of nitrogens with two attached hydrogens (primary N) is 1. The molecule has 0 aromatic rings. The first-order chi connectivity index (χ1) is 8.40. The summed E-state index contributed by atoms with van der Waals surface area (Å²) >= 11 is 0. The van der Waals surface area contributed by atoms with Gasteiger partial charge in [0.2, 0.25) is 11.8 Å². The molecule has 104 valence electrons. The maximum atomic E-state index is 12.1. The molecular formula is C12H23N3O3. The van der Waals surface area contributed by atoms with Gasteiger partial charge in [0, 0.05) is 26.8 Å². The van der Waals surface area contributed by atoms with Crippen LogP contribution in [0.15, 0.2) is 0 Å². The van der Waals surface area contributed by atoms with Crippen molar-refractivity contribution >= 4 is 11.8 Å². The summed E-state index contributed by atoms with van der Waals surface area (Å²) in [6, 6.07) is -0.550. The summed E-state index contributed by atoms with van der Waals surface area (Å²) in [5.74, 6) is -0.377. The van der Waals surface area contributed by atoms with Crippen molar-refractivity contribution in [2.45, 2.75) is 38.3 Å². The third kappa shape index (κ3) is 3.43. The minimum atomic E-state index is -0.905. The van der Waals surface area contributed by atoms with Crippen LogP contribution in [0.3, 0.4) is 0 Å². The van der Waals surface area contributed by atoms with E-state index in [0.717, 1.165) is 0 Å². The van der Waals surface area contributed by atoms with Crippen LogP contribution in [0.2, 0.25) is 0 Å². The summed E-state index contributed by atoms with van der Waals surface area (Å²) in [6.45, 7) is 5.15. The van der Waals surface area contributed by atoms with Crippen LogP contribution < -0.4 is 11.1 Å². The van der Waals surface area contributed by atoms with Gasteiger partial charge in [0.05, 0.1) is 5.54 Å². The van der Waals surface area contributed by atoms with Gasteiger partial charge in [-0.25, -0.2) is 0 Å². The molecular weight excluding hydrogens is 234 g/mol. The number of rotatable bonds is 4. The van der Waals surface area contributed by atoms with Crippen molar-refractivity contribution in [2.24, 2.45) is 5.73 Å². The number of hydrogen-bond donors (Lipinski definition) is 2. The number of carbonyl (C=O) groups excluding carboxylic acids is 2. The van der Waals surface area contributed by atoms with Crippen molar-refractivity contribution in [2.75, 3.05) is 26.8 Å². The molecule has 1 saturated heterocycles. The molecule has 1 aliphatic heterocycles. The van der Waals surface area contributed by atoms with E-state index in [9.17, 15) is 9.59 Å². The van der Waals surface area contributed by atoms with Crippen molar-refractivity contribution in [3.05, 3.63) is 0 Å². The predicted molar refractivity (Wildman–Crippen MR) is 67.9 cm³/mol. The Bertz CT molecular complexity index is 314. The number of likely N-dealkylation sites (N-methyl/N-ethyl adjacent to an activating group) is 1. The zero-order valence-corrected chi connectivity index (χ0v) is 11.4. The predicted octanol–water partition coefficient (Wildman–Crippen LogP) is -0.523. The highest BCUT2D eigenvalue weighted by Gasteiger charge is 2.37. The molecule has 1 rings (SSSR count). The zero-order valence-electron chi connectivity index (χ0n) is 11.4. The minimum Gasteiger partial charge on any atom is -0.381 e. The third-order valence-corrected chi connectivity index (χ3v) is 3.41. The second kappa shape index (κ2) is 6.15. The molecule has 0 aromatic carbocycles. The number of carbonyl (C=O) groups is 2. The first-order valence-corrected chi connectivity index (χ1v) is 6.33. The molecule has 6 heteroatoms. The van der Waals surface area contributed by atoms with Crippen LogP contribution in [0.4, 0.5) is 0 Å². The lowest BCUT2D eigenvalue weighted by Crippen LogP contribution is -2.60. The van der Waals surface area contributed by atoms with E-state index in [1.807, 2.05) is 6.92 Å². The number of ether oxygens (including phenoxy) is 1. The van der Waals surface area contributed by atoms with Crippen LogP contribution in [-0.4, -0.2) is 55.1 Å². The molecule has 1 fully saturated rings. The molecule has 0 aliphatic carbocycles. The Labute approximate surface area is 108 Å². The Hall–Kier alpha value is -1.14. The van der Waals surface area contributed by atoms with Crippen molar-refractivity contribution in [3.8, 4) is 0 Å². The minimum absolute atomic E-state index is 0.110. The summed E-state index contributed by atoms with van der Waals surface area (Å²) in [4.78, 5) is 25.5. The quantitative estimate of drug-likeness (QED) is 0.709. The molecule has 1 atom stereocenters. The average Bonchev–Trinajstić information content (AvgIpc) is 2.37. The Balaban J connectivity index is 2.55. The van der Waals surface area contributed by atoms with E-state index in [0.29, 0.717) is 32.6 Å². The van der Waals surface area contributed by atoms with Gasteiger partial charge in [0.15, 0.2) is 0 Å². The van der Waals surface area contributed by atoms with Crippen molar-refractivity contribution in [1.82, 2.24) is 10.2 Å². The van der Waals surface area contributed by atoms with Gasteiger partial charge in [-0.05, 0) is 26.7 Å². The molecule has 0 saturated carbocycles. The largest absolute Gasteiger partial charge is 0.381 e. The van der Waals surface area contributed by atoms with Crippen LogP contribution in [0.25, 0.3) is 0 Å². The first kappa shape index (κ1) is 14.9. The highest BCUT2D eigenvalue weighted by molar-refractivity contribution is 5.91. The lowest BCUT2D eigenvalue weighted by atomic mass is 9.90. The summed E-state index contributed by atoms with van der Waals surface area (Å²) in [5, 5.41) is 2.69. The SMILES string of the molecule is CCN(C)C(=O)C(C)NC(=O)C1(N)CCOCC1. The van der Waals surface area contributed by atoms with Gasteiger partial charge in [-0.15, -0.1) is 0 Å². The third-order valence-electron chi connectivity index (χ3n) is 3.41. The number of amides is 2.